The lowest BCUT2D eigenvalue weighted by Crippen LogP contribution is -2.45. The Hall–Kier alpha value is -2.82. The number of likely N-dealkylation sites (tertiary alicyclic amines) is 1. The zero-order valence-corrected chi connectivity index (χ0v) is 25.1. The van der Waals surface area contributed by atoms with E-state index in [-0.39, 0.29) is 17.6 Å². The quantitative estimate of drug-likeness (QED) is 0.452. The van der Waals surface area contributed by atoms with Gasteiger partial charge in [-0.3, -0.25) is 9.36 Å². The van der Waals surface area contributed by atoms with Gasteiger partial charge in [-0.15, -0.1) is 0 Å². The van der Waals surface area contributed by atoms with E-state index in [1.54, 1.807) is 18.2 Å². The summed E-state index contributed by atoms with van der Waals surface area (Å²) in [5.74, 6) is 0.481. The van der Waals surface area contributed by atoms with Crippen LogP contribution in [0.1, 0.15) is 65.0 Å². The number of hydrogen-bond acceptors (Lipinski definition) is 7. The van der Waals surface area contributed by atoms with Gasteiger partial charge in [-0.25, -0.2) is 17.7 Å². The first-order valence-electron chi connectivity index (χ1n) is 14.5. The van der Waals surface area contributed by atoms with Crippen molar-refractivity contribution in [2.45, 2.75) is 83.7 Å². The van der Waals surface area contributed by atoms with Gasteiger partial charge in [0, 0.05) is 61.5 Å². The Morgan fingerprint density at radius 1 is 0.950 bits per heavy atom. The number of sulfonamides is 1. The first-order chi connectivity index (χ1) is 19.1. The maximum atomic E-state index is 14.1. The molecule has 0 radical (unpaired) electrons. The van der Waals surface area contributed by atoms with Gasteiger partial charge in [-0.2, -0.15) is 4.98 Å². The maximum absolute atomic E-state index is 14.1. The molecule has 0 saturated carbocycles. The van der Waals surface area contributed by atoms with Crippen LogP contribution in [-0.4, -0.2) is 75.7 Å². The molecule has 0 aliphatic carbocycles. The van der Waals surface area contributed by atoms with Gasteiger partial charge >= 0.3 is 0 Å². The fourth-order valence-electron chi connectivity index (χ4n) is 5.99. The molecule has 2 aromatic heterocycles. The lowest BCUT2D eigenvalue weighted by molar-refractivity contribution is 0.152. The summed E-state index contributed by atoms with van der Waals surface area (Å²) in [5.41, 5.74) is 3.32. The van der Waals surface area contributed by atoms with Gasteiger partial charge in [0.1, 0.15) is 5.65 Å². The third-order valence-electron chi connectivity index (χ3n) is 8.55. The highest BCUT2D eigenvalue weighted by Crippen LogP contribution is 2.30. The Morgan fingerprint density at radius 2 is 1.62 bits per heavy atom. The third-order valence-corrected chi connectivity index (χ3v) is 10.8. The lowest BCUT2D eigenvalue weighted by Gasteiger charge is -2.35. The molecule has 0 atom stereocenters. The van der Waals surface area contributed by atoms with E-state index < -0.39 is 15.3 Å². The summed E-state index contributed by atoms with van der Waals surface area (Å²) in [6, 6.07) is 10.5. The van der Waals surface area contributed by atoms with Gasteiger partial charge in [-0.05, 0) is 77.5 Å². The average molecular weight is 567 g/mol. The molecule has 1 aromatic carbocycles. The fourth-order valence-corrected chi connectivity index (χ4v) is 7.31. The molecular formula is C30H42N6O3S. The van der Waals surface area contributed by atoms with Crippen molar-refractivity contribution in [1.82, 2.24) is 23.7 Å². The predicted molar refractivity (Wildman–Crippen MR) is 161 cm³/mol. The minimum Gasteiger partial charge on any atom is -0.351 e. The molecule has 216 valence electrons. The van der Waals surface area contributed by atoms with Crippen molar-refractivity contribution in [1.29, 1.82) is 0 Å². The van der Waals surface area contributed by atoms with E-state index in [0.717, 1.165) is 42.4 Å². The van der Waals surface area contributed by atoms with E-state index in [1.165, 1.54) is 0 Å². The smallest absolute Gasteiger partial charge is 0.260 e. The summed E-state index contributed by atoms with van der Waals surface area (Å²) >= 11 is 0. The summed E-state index contributed by atoms with van der Waals surface area (Å²) in [4.78, 5) is 26.1. The van der Waals surface area contributed by atoms with Gasteiger partial charge in [-0.1, -0.05) is 24.3 Å². The molecule has 0 spiro atoms. The van der Waals surface area contributed by atoms with E-state index in [2.05, 4.69) is 29.0 Å². The molecule has 0 amide bonds. The number of rotatable bonds is 7. The zero-order chi connectivity index (χ0) is 28.6. The summed E-state index contributed by atoms with van der Waals surface area (Å²) in [7, 11) is -3.25. The van der Waals surface area contributed by atoms with Crippen molar-refractivity contribution >= 4 is 27.0 Å². The van der Waals surface area contributed by atoms with Crippen molar-refractivity contribution in [3.63, 3.8) is 0 Å². The van der Waals surface area contributed by atoms with Gasteiger partial charge in [0.2, 0.25) is 16.0 Å². The molecule has 0 bridgehead atoms. The maximum Gasteiger partial charge on any atom is 0.260 e. The van der Waals surface area contributed by atoms with Gasteiger partial charge in [0.25, 0.3) is 5.56 Å². The largest absolute Gasteiger partial charge is 0.351 e. The molecule has 5 rings (SSSR count). The van der Waals surface area contributed by atoms with Crippen LogP contribution >= 0.6 is 0 Å². The van der Waals surface area contributed by atoms with Crippen LogP contribution in [0.5, 0.6) is 0 Å². The molecule has 2 aliphatic heterocycles. The second-order valence-corrected chi connectivity index (χ2v) is 14.3. The molecule has 40 heavy (non-hydrogen) atoms. The summed E-state index contributed by atoms with van der Waals surface area (Å²) < 4.78 is 28.6. The number of hydrogen-bond donors (Lipinski definition) is 1. The highest BCUT2D eigenvalue weighted by Gasteiger charge is 2.31. The average Bonchev–Trinajstić information content (AvgIpc) is 2.93. The van der Waals surface area contributed by atoms with Crippen LogP contribution in [0.2, 0.25) is 0 Å². The predicted octanol–water partition coefficient (Wildman–Crippen LogP) is 4.43. The Labute approximate surface area is 237 Å². The van der Waals surface area contributed by atoms with Gasteiger partial charge < -0.3 is 10.2 Å². The van der Waals surface area contributed by atoms with Crippen molar-refractivity contribution < 1.29 is 8.42 Å². The molecule has 0 unspecified atom stereocenters. The number of nitrogens with zero attached hydrogens (tertiary/aromatic N) is 5. The zero-order valence-electron chi connectivity index (χ0n) is 24.3. The van der Waals surface area contributed by atoms with Crippen LogP contribution in [0.15, 0.2) is 41.3 Å². The van der Waals surface area contributed by atoms with Crippen molar-refractivity contribution in [3.8, 4) is 11.1 Å². The number of benzene rings is 1. The minimum absolute atomic E-state index is 0.0124. The van der Waals surface area contributed by atoms with Crippen molar-refractivity contribution in [3.05, 3.63) is 52.4 Å². The summed E-state index contributed by atoms with van der Waals surface area (Å²) in [6.07, 6.45) is 4.95. The molecule has 2 fully saturated rings. The number of fused-ring (bicyclic) bond motifs is 1. The number of nitrogens with one attached hydrogen (secondary N) is 1. The molecule has 1 N–H and O–H groups in total. The van der Waals surface area contributed by atoms with Crippen LogP contribution < -0.4 is 10.9 Å². The van der Waals surface area contributed by atoms with Crippen LogP contribution in [0.4, 0.5) is 5.95 Å². The van der Waals surface area contributed by atoms with Crippen molar-refractivity contribution in [2.75, 3.05) is 31.5 Å². The number of anilines is 1. The lowest BCUT2D eigenvalue weighted by atomic mass is 9.99. The van der Waals surface area contributed by atoms with Crippen LogP contribution in [-0.2, 0) is 10.0 Å². The van der Waals surface area contributed by atoms with Crippen LogP contribution in [0.3, 0.4) is 0 Å². The van der Waals surface area contributed by atoms with Crippen LogP contribution in [0, 0.1) is 6.92 Å². The SMILES string of the molecule is Cc1ccccc1-c1cc2cnc(NC3CCN(S(=O)(=O)C(C)C)CC3)nc2n(C2CCN(C(C)C)CC2)c1=O. The number of piperidine rings is 2. The fraction of sp³-hybridized carbons (Fsp3) is 0.567. The minimum atomic E-state index is -3.25. The Bertz CT molecular complexity index is 1520. The molecule has 3 aromatic rings. The van der Waals surface area contributed by atoms with E-state index in [1.807, 2.05) is 48.0 Å². The third kappa shape index (κ3) is 5.66. The first-order valence-corrected chi connectivity index (χ1v) is 16.0. The highest BCUT2D eigenvalue weighted by molar-refractivity contribution is 7.89. The molecule has 2 saturated heterocycles. The highest BCUT2D eigenvalue weighted by atomic mass is 32.2. The van der Waals surface area contributed by atoms with Crippen molar-refractivity contribution in [2.24, 2.45) is 0 Å². The summed E-state index contributed by atoms with van der Waals surface area (Å²) in [6.45, 7) is 12.8. The van der Waals surface area contributed by atoms with E-state index in [4.69, 9.17) is 4.98 Å². The summed E-state index contributed by atoms with van der Waals surface area (Å²) in [5, 5.41) is 3.85. The topological polar surface area (TPSA) is 100 Å². The molecule has 2 aliphatic rings. The van der Waals surface area contributed by atoms with E-state index in [0.29, 0.717) is 49.1 Å². The standard InChI is InChI=1S/C30H42N6O3S/c1-20(2)34-14-12-25(13-15-34)36-28-23(18-27(29(36)37)26-9-7-6-8-22(26)5)19-31-30(33-28)32-24-10-16-35(17-11-24)40(38,39)21(3)4/h6-9,18-21,24-25H,10-17H2,1-5H3,(H,31,32,33). The Morgan fingerprint density at radius 3 is 2.25 bits per heavy atom. The first kappa shape index (κ1) is 28.7. The normalized spacial score (nSPS) is 18.7. The molecule has 9 nitrogen and oxygen atoms in total. The Balaban J connectivity index is 1.48. The van der Waals surface area contributed by atoms with Gasteiger partial charge in [0.05, 0.1) is 5.25 Å². The Kier molecular flexibility index (Phi) is 8.31. The molecule has 10 heteroatoms. The number of aromatic nitrogens is 3. The number of aryl methyl sites for hydroxylation is 1. The second kappa shape index (κ2) is 11.6. The molecule has 4 heterocycles. The molecular weight excluding hydrogens is 524 g/mol. The van der Waals surface area contributed by atoms with Crippen LogP contribution in [0.25, 0.3) is 22.2 Å². The van der Waals surface area contributed by atoms with Gasteiger partial charge in [0.15, 0.2) is 0 Å². The number of pyridine rings is 1. The van der Waals surface area contributed by atoms with E-state index >= 15 is 0 Å². The van der Waals surface area contributed by atoms with E-state index in [9.17, 15) is 13.2 Å². The second-order valence-electron chi connectivity index (χ2n) is 11.8. The monoisotopic (exact) mass is 566 g/mol.